The van der Waals surface area contributed by atoms with E-state index >= 15 is 0 Å². The average molecular weight is 357 g/mol. The topological polar surface area (TPSA) is 60.1 Å². The van der Waals surface area contributed by atoms with Crippen LogP contribution in [0.4, 0.5) is 0 Å². The summed E-state index contributed by atoms with van der Waals surface area (Å²) in [5.41, 5.74) is 4.55. The van der Waals surface area contributed by atoms with Crippen molar-refractivity contribution in [2.24, 2.45) is 0 Å². The van der Waals surface area contributed by atoms with Crippen LogP contribution in [0.1, 0.15) is 21.5 Å². The number of rotatable bonds is 6. The van der Waals surface area contributed by atoms with Gasteiger partial charge >= 0.3 is 0 Å². The molecule has 0 radical (unpaired) electrons. The van der Waals surface area contributed by atoms with Crippen molar-refractivity contribution in [3.05, 3.63) is 102 Å². The number of benzene rings is 2. The number of nitrogens with zero attached hydrogens (tertiary/aromatic N) is 2. The highest BCUT2D eigenvalue weighted by Gasteiger charge is 2.13. The normalized spacial score (nSPS) is 10.7. The predicted molar refractivity (Wildman–Crippen MR) is 103 cm³/mol. The summed E-state index contributed by atoms with van der Waals surface area (Å²) in [6, 6.07) is 21.8. The molecule has 0 aliphatic heterocycles. The highest BCUT2D eigenvalue weighted by Crippen LogP contribution is 2.22. The minimum absolute atomic E-state index is 0.168. The first kappa shape index (κ1) is 16.8. The van der Waals surface area contributed by atoms with Gasteiger partial charge in [-0.2, -0.15) is 5.10 Å². The number of carbonyl (C=O) groups excluding carboxylic acids is 1. The van der Waals surface area contributed by atoms with Crippen molar-refractivity contribution in [3.63, 3.8) is 0 Å². The van der Waals surface area contributed by atoms with E-state index in [1.807, 2.05) is 59.4 Å². The van der Waals surface area contributed by atoms with E-state index < -0.39 is 0 Å². The van der Waals surface area contributed by atoms with Crippen LogP contribution in [0.25, 0.3) is 11.3 Å². The smallest absolute Gasteiger partial charge is 0.254 e. The molecular formula is C22H19N3O2. The van der Waals surface area contributed by atoms with E-state index in [-0.39, 0.29) is 5.91 Å². The SMILES string of the molecule is O=C(NCc1cn(Cc2ccccc2)nc1-c1ccccc1)c1ccoc1. The Morgan fingerprint density at radius 2 is 1.74 bits per heavy atom. The molecule has 0 atom stereocenters. The second-order valence-corrected chi connectivity index (χ2v) is 6.25. The lowest BCUT2D eigenvalue weighted by molar-refractivity contribution is 0.0950. The Balaban J connectivity index is 1.59. The molecule has 27 heavy (non-hydrogen) atoms. The third kappa shape index (κ3) is 3.98. The van der Waals surface area contributed by atoms with Crippen molar-refractivity contribution >= 4 is 5.91 Å². The summed E-state index contributed by atoms with van der Waals surface area (Å²) >= 11 is 0. The zero-order valence-electron chi connectivity index (χ0n) is 14.7. The molecule has 0 saturated carbocycles. The molecule has 1 N–H and O–H groups in total. The van der Waals surface area contributed by atoms with Gasteiger partial charge < -0.3 is 9.73 Å². The summed E-state index contributed by atoms with van der Waals surface area (Å²) < 4.78 is 6.89. The average Bonchev–Trinajstić information content (AvgIpc) is 3.38. The summed E-state index contributed by atoms with van der Waals surface area (Å²) in [5.74, 6) is -0.168. The minimum Gasteiger partial charge on any atom is -0.472 e. The third-order valence-electron chi connectivity index (χ3n) is 4.29. The quantitative estimate of drug-likeness (QED) is 0.565. The molecular weight excluding hydrogens is 338 g/mol. The lowest BCUT2D eigenvalue weighted by atomic mass is 10.1. The molecule has 0 spiro atoms. The van der Waals surface area contributed by atoms with Gasteiger partial charge in [0.2, 0.25) is 0 Å². The molecule has 1 amide bonds. The molecule has 0 aliphatic carbocycles. The molecule has 4 aromatic rings. The monoisotopic (exact) mass is 357 g/mol. The van der Waals surface area contributed by atoms with Crippen LogP contribution in [0.3, 0.4) is 0 Å². The van der Waals surface area contributed by atoms with Crippen LogP contribution in [0.5, 0.6) is 0 Å². The maximum Gasteiger partial charge on any atom is 0.254 e. The van der Waals surface area contributed by atoms with Gasteiger partial charge in [-0.1, -0.05) is 60.7 Å². The number of hydrogen-bond acceptors (Lipinski definition) is 3. The fourth-order valence-electron chi connectivity index (χ4n) is 2.95. The van der Waals surface area contributed by atoms with Gasteiger partial charge in [0.15, 0.2) is 0 Å². The van der Waals surface area contributed by atoms with Crippen molar-refractivity contribution in [1.82, 2.24) is 15.1 Å². The van der Waals surface area contributed by atoms with Crippen molar-refractivity contribution in [3.8, 4) is 11.3 Å². The third-order valence-corrected chi connectivity index (χ3v) is 4.29. The van der Waals surface area contributed by atoms with Crippen LogP contribution in [-0.2, 0) is 13.1 Å². The van der Waals surface area contributed by atoms with E-state index in [1.54, 1.807) is 6.07 Å². The molecule has 5 nitrogen and oxygen atoms in total. The first-order valence-corrected chi connectivity index (χ1v) is 8.75. The molecule has 2 heterocycles. The Bertz CT molecular complexity index is 1010. The molecule has 5 heteroatoms. The minimum atomic E-state index is -0.168. The van der Waals surface area contributed by atoms with Gasteiger partial charge in [0.25, 0.3) is 5.91 Å². The summed E-state index contributed by atoms with van der Waals surface area (Å²) in [6.45, 7) is 1.07. The fourth-order valence-corrected chi connectivity index (χ4v) is 2.95. The predicted octanol–water partition coefficient (Wildman–Crippen LogP) is 4.12. The highest BCUT2D eigenvalue weighted by molar-refractivity contribution is 5.93. The van der Waals surface area contributed by atoms with E-state index in [4.69, 9.17) is 9.52 Å². The summed E-state index contributed by atoms with van der Waals surface area (Å²) in [4.78, 5) is 12.2. The molecule has 0 fully saturated rings. The number of hydrogen-bond donors (Lipinski definition) is 1. The zero-order chi connectivity index (χ0) is 18.5. The Hall–Kier alpha value is -3.60. The number of nitrogens with one attached hydrogen (secondary N) is 1. The van der Waals surface area contributed by atoms with Gasteiger partial charge in [-0.05, 0) is 11.6 Å². The lowest BCUT2D eigenvalue weighted by Gasteiger charge is -2.04. The largest absolute Gasteiger partial charge is 0.472 e. The van der Waals surface area contributed by atoms with Crippen LogP contribution in [0.2, 0.25) is 0 Å². The number of furan rings is 1. The zero-order valence-corrected chi connectivity index (χ0v) is 14.7. The van der Waals surface area contributed by atoms with Crippen LogP contribution in [0.15, 0.2) is 89.9 Å². The van der Waals surface area contributed by atoms with Crippen LogP contribution >= 0.6 is 0 Å². The molecule has 2 aromatic carbocycles. The van der Waals surface area contributed by atoms with Crippen LogP contribution in [-0.4, -0.2) is 15.7 Å². The summed E-state index contributed by atoms with van der Waals surface area (Å²) in [7, 11) is 0. The van der Waals surface area contributed by atoms with Crippen molar-refractivity contribution in [2.75, 3.05) is 0 Å². The van der Waals surface area contributed by atoms with E-state index in [0.29, 0.717) is 18.7 Å². The number of amides is 1. The van der Waals surface area contributed by atoms with Crippen LogP contribution < -0.4 is 5.32 Å². The molecule has 0 unspecified atom stereocenters. The molecule has 0 saturated heterocycles. The Labute approximate surface area is 157 Å². The van der Waals surface area contributed by atoms with Gasteiger partial charge in [0.05, 0.1) is 24.1 Å². The Morgan fingerprint density at radius 1 is 1.00 bits per heavy atom. The van der Waals surface area contributed by atoms with Gasteiger partial charge in [-0.3, -0.25) is 9.48 Å². The number of carbonyl (C=O) groups is 1. The second kappa shape index (κ2) is 7.74. The fraction of sp³-hybridized carbons (Fsp3) is 0.0909. The van der Waals surface area contributed by atoms with E-state index in [9.17, 15) is 4.79 Å². The van der Waals surface area contributed by atoms with Crippen LogP contribution in [0, 0.1) is 0 Å². The van der Waals surface area contributed by atoms with Gasteiger partial charge in [0, 0.05) is 23.9 Å². The van der Waals surface area contributed by atoms with E-state index in [1.165, 1.54) is 18.1 Å². The Kier molecular flexibility index (Phi) is 4.83. The number of aromatic nitrogens is 2. The second-order valence-electron chi connectivity index (χ2n) is 6.25. The van der Waals surface area contributed by atoms with E-state index in [2.05, 4.69) is 17.4 Å². The highest BCUT2D eigenvalue weighted by atomic mass is 16.3. The van der Waals surface area contributed by atoms with Gasteiger partial charge in [-0.25, -0.2) is 0 Å². The lowest BCUT2D eigenvalue weighted by Crippen LogP contribution is -2.22. The summed E-state index contributed by atoms with van der Waals surface area (Å²) in [6.07, 6.45) is 4.92. The van der Waals surface area contributed by atoms with Gasteiger partial charge in [0.1, 0.15) is 6.26 Å². The molecule has 4 rings (SSSR count). The maximum absolute atomic E-state index is 12.2. The maximum atomic E-state index is 12.2. The van der Waals surface area contributed by atoms with Gasteiger partial charge in [-0.15, -0.1) is 0 Å². The van der Waals surface area contributed by atoms with Crippen molar-refractivity contribution in [2.45, 2.75) is 13.1 Å². The molecule has 2 aromatic heterocycles. The Morgan fingerprint density at radius 3 is 2.44 bits per heavy atom. The molecule has 0 aliphatic rings. The molecule has 0 bridgehead atoms. The van der Waals surface area contributed by atoms with Crippen molar-refractivity contribution in [1.29, 1.82) is 0 Å². The van der Waals surface area contributed by atoms with E-state index in [0.717, 1.165) is 16.8 Å². The molecule has 134 valence electrons. The van der Waals surface area contributed by atoms with Crippen molar-refractivity contribution < 1.29 is 9.21 Å². The standard InChI is InChI=1S/C22H19N3O2/c26-22(19-11-12-27-16-19)23-13-20-15-25(14-17-7-3-1-4-8-17)24-21(20)18-9-5-2-6-10-18/h1-12,15-16H,13-14H2,(H,23,26). The first-order chi connectivity index (χ1) is 13.3. The summed E-state index contributed by atoms with van der Waals surface area (Å²) in [5, 5.41) is 7.70. The first-order valence-electron chi connectivity index (χ1n) is 8.75.